The van der Waals surface area contributed by atoms with Crippen molar-refractivity contribution >= 4 is 11.9 Å². The second-order valence-electron chi connectivity index (χ2n) is 8.09. The van der Waals surface area contributed by atoms with E-state index in [2.05, 4.69) is 0 Å². The van der Waals surface area contributed by atoms with E-state index in [-0.39, 0.29) is 5.92 Å². The highest BCUT2D eigenvalue weighted by Gasteiger charge is 2.36. The van der Waals surface area contributed by atoms with Crippen molar-refractivity contribution in [2.75, 3.05) is 0 Å². The number of benzene rings is 1. The van der Waals surface area contributed by atoms with Gasteiger partial charge in [0.25, 0.3) is 0 Å². The van der Waals surface area contributed by atoms with Gasteiger partial charge in [-0.05, 0) is 57.9 Å². The third-order valence-electron chi connectivity index (χ3n) is 4.06. The number of carboxylic acid groups (broad SMARTS) is 1. The Hall–Kier alpha value is -1.84. The quantitative estimate of drug-likeness (QED) is 0.656. The second-order valence-corrected chi connectivity index (χ2v) is 8.09. The van der Waals surface area contributed by atoms with Gasteiger partial charge in [-0.3, -0.25) is 9.59 Å². The van der Waals surface area contributed by atoms with Crippen LogP contribution < -0.4 is 0 Å². The van der Waals surface area contributed by atoms with Gasteiger partial charge in [-0.1, -0.05) is 44.2 Å². The lowest BCUT2D eigenvalue weighted by molar-refractivity contribution is -0.167. The summed E-state index contributed by atoms with van der Waals surface area (Å²) in [7, 11) is 0. The number of carboxylic acids is 1. The minimum absolute atomic E-state index is 0.208. The van der Waals surface area contributed by atoms with Crippen LogP contribution in [0.4, 0.5) is 0 Å². The van der Waals surface area contributed by atoms with Gasteiger partial charge in [0.1, 0.15) is 5.60 Å². The molecule has 2 atom stereocenters. The SMILES string of the molecule is CC(C)C[C@@H](C(=O)O)[C@@H](CCCc1ccccc1)C(=O)OC(C)(C)C. The van der Waals surface area contributed by atoms with Gasteiger partial charge < -0.3 is 9.84 Å². The Labute approximate surface area is 151 Å². The first-order chi connectivity index (χ1) is 11.6. The molecule has 0 bridgehead atoms. The second kappa shape index (κ2) is 9.59. The van der Waals surface area contributed by atoms with Crippen molar-refractivity contribution in [3.05, 3.63) is 35.9 Å². The maximum Gasteiger partial charge on any atom is 0.310 e. The molecule has 1 rings (SSSR count). The van der Waals surface area contributed by atoms with Crippen LogP contribution in [0.25, 0.3) is 0 Å². The van der Waals surface area contributed by atoms with E-state index in [4.69, 9.17) is 4.74 Å². The predicted octanol–water partition coefficient (Wildman–Crippen LogP) is 4.71. The highest BCUT2D eigenvalue weighted by molar-refractivity contribution is 5.81. The standard InChI is InChI=1S/C21H32O4/c1-15(2)14-18(19(22)23)17(20(24)25-21(3,4)5)13-9-12-16-10-7-6-8-11-16/h6-8,10-11,15,17-18H,9,12-14H2,1-5H3,(H,22,23)/t17-,18-/m1/s1. The number of aryl methyl sites for hydroxylation is 1. The van der Waals surface area contributed by atoms with Crippen molar-refractivity contribution in [3.8, 4) is 0 Å². The van der Waals surface area contributed by atoms with E-state index in [0.717, 1.165) is 12.8 Å². The van der Waals surface area contributed by atoms with Crippen LogP contribution in [0.1, 0.15) is 59.4 Å². The topological polar surface area (TPSA) is 63.6 Å². The molecule has 4 heteroatoms. The van der Waals surface area contributed by atoms with Gasteiger partial charge in [0.15, 0.2) is 0 Å². The lowest BCUT2D eigenvalue weighted by Gasteiger charge is -2.28. The molecule has 1 aromatic rings. The van der Waals surface area contributed by atoms with E-state index < -0.39 is 29.4 Å². The molecule has 0 spiro atoms. The summed E-state index contributed by atoms with van der Waals surface area (Å²) in [5, 5.41) is 9.65. The first-order valence-corrected chi connectivity index (χ1v) is 9.09. The van der Waals surface area contributed by atoms with E-state index in [9.17, 15) is 14.7 Å². The lowest BCUT2D eigenvalue weighted by Crippen LogP contribution is -2.36. The number of rotatable bonds is 9. The maximum absolute atomic E-state index is 12.6. The smallest absolute Gasteiger partial charge is 0.310 e. The lowest BCUT2D eigenvalue weighted by atomic mass is 9.82. The fourth-order valence-electron chi connectivity index (χ4n) is 2.98. The zero-order chi connectivity index (χ0) is 19.0. The van der Waals surface area contributed by atoms with Gasteiger partial charge in [-0.2, -0.15) is 0 Å². The van der Waals surface area contributed by atoms with Gasteiger partial charge in [-0.25, -0.2) is 0 Å². The average molecular weight is 348 g/mol. The van der Waals surface area contributed by atoms with Crippen molar-refractivity contribution in [2.24, 2.45) is 17.8 Å². The fourth-order valence-corrected chi connectivity index (χ4v) is 2.98. The van der Waals surface area contributed by atoms with Crippen molar-refractivity contribution in [2.45, 2.75) is 65.9 Å². The number of ether oxygens (including phenoxy) is 1. The van der Waals surface area contributed by atoms with Crippen LogP contribution >= 0.6 is 0 Å². The molecule has 1 aromatic carbocycles. The van der Waals surface area contributed by atoms with Crippen LogP contribution in [-0.2, 0) is 20.7 Å². The first-order valence-electron chi connectivity index (χ1n) is 9.09. The number of hydrogen-bond donors (Lipinski definition) is 1. The molecule has 0 aromatic heterocycles. The number of carbonyl (C=O) groups is 2. The first kappa shape index (κ1) is 21.2. The van der Waals surface area contributed by atoms with E-state index in [0.29, 0.717) is 12.8 Å². The molecule has 140 valence electrons. The molecule has 0 saturated heterocycles. The highest BCUT2D eigenvalue weighted by Crippen LogP contribution is 2.28. The summed E-state index contributed by atoms with van der Waals surface area (Å²) in [5.74, 6) is -2.41. The van der Waals surface area contributed by atoms with Gasteiger partial charge >= 0.3 is 11.9 Å². The summed E-state index contributed by atoms with van der Waals surface area (Å²) in [6.45, 7) is 9.39. The van der Waals surface area contributed by atoms with E-state index in [1.165, 1.54) is 5.56 Å². The van der Waals surface area contributed by atoms with Gasteiger partial charge in [0.2, 0.25) is 0 Å². The van der Waals surface area contributed by atoms with Gasteiger partial charge in [0.05, 0.1) is 11.8 Å². The van der Waals surface area contributed by atoms with E-state index in [1.54, 1.807) is 0 Å². The number of esters is 1. The zero-order valence-electron chi connectivity index (χ0n) is 16.1. The third-order valence-corrected chi connectivity index (χ3v) is 4.06. The Morgan fingerprint density at radius 3 is 2.16 bits per heavy atom. The van der Waals surface area contributed by atoms with E-state index >= 15 is 0 Å². The molecule has 0 amide bonds. The normalized spacial score (nSPS) is 14.2. The number of aliphatic carboxylic acids is 1. The highest BCUT2D eigenvalue weighted by atomic mass is 16.6. The van der Waals surface area contributed by atoms with Crippen molar-refractivity contribution in [3.63, 3.8) is 0 Å². The molecule has 1 N–H and O–H groups in total. The summed E-state index contributed by atoms with van der Waals surface area (Å²) in [6, 6.07) is 10.0. The molecule has 0 radical (unpaired) electrons. The minimum Gasteiger partial charge on any atom is -0.481 e. The molecule has 0 aliphatic rings. The van der Waals surface area contributed by atoms with Crippen LogP contribution in [0, 0.1) is 17.8 Å². The summed E-state index contributed by atoms with van der Waals surface area (Å²) in [5.41, 5.74) is 0.580. The molecule has 0 heterocycles. The Balaban J connectivity index is 2.85. The van der Waals surface area contributed by atoms with Gasteiger partial charge in [0, 0.05) is 0 Å². The zero-order valence-corrected chi connectivity index (χ0v) is 16.1. The van der Waals surface area contributed by atoms with E-state index in [1.807, 2.05) is 65.0 Å². The Kier molecular flexibility index (Phi) is 8.14. The number of hydrogen-bond acceptors (Lipinski definition) is 3. The summed E-state index contributed by atoms with van der Waals surface area (Å²) in [6.07, 6.45) is 2.59. The fraction of sp³-hybridized carbons (Fsp3) is 0.619. The maximum atomic E-state index is 12.6. The van der Waals surface area contributed by atoms with Crippen LogP contribution in [0.15, 0.2) is 30.3 Å². The molecule has 0 unspecified atom stereocenters. The summed E-state index contributed by atoms with van der Waals surface area (Å²) >= 11 is 0. The number of carbonyl (C=O) groups excluding carboxylic acids is 1. The average Bonchev–Trinajstić information content (AvgIpc) is 2.48. The minimum atomic E-state index is -0.913. The van der Waals surface area contributed by atoms with Gasteiger partial charge in [-0.15, -0.1) is 0 Å². The molecule has 0 aliphatic carbocycles. The Morgan fingerprint density at radius 1 is 1.08 bits per heavy atom. The Bertz CT molecular complexity index is 543. The van der Waals surface area contributed by atoms with Crippen molar-refractivity contribution < 1.29 is 19.4 Å². The Morgan fingerprint density at radius 2 is 1.68 bits per heavy atom. The molecule has 4 nitrogen and oxygen atoms in total. The van der Waals surface area contributed by atoms with Crippen LogP contribution in [0.5, 0.6) is 0 Å². The van der Waals surface area contributed by atoms with Crippen molar-refractivity contribution in [1.29, 1.82) is 0 Å². The van der Waals surface area contributed by atoms with Crippen LogP contribution in [0.3, 0.4) is 0 Å². The molecule has 0 aliphatic heterocycles. The molecule has 0 fully saturated rings. The van der Waals surface area contributed by atoms with Crippen LogP contribution in [-0.4, -0.2) is 22.6 Å². The summed E-state index contributed by atoms with van der Waals surface area (Å²) < 4.78 is 5.51. The third kappa shape index (κ3) is 8.19. The predicted molar refractivity (Wildman–Crippen MR) is 99.3 cm³/mol. The largest absolute Gasteiger partial charge is 0.481 e. The van der Waals surface area contributed by atoms with Crippen LogP contribution in [0.2, 0.25) is 0 Å². The molecule has 0 saturated carbocycles. The summed E-state index contributed by atoms with van der Waals surface area (Å²) in [4.78, 5) is 24.4. The monoisotopic (exact) mass is 348 g/mol. The molecular weight excluding hydrogens is 316 g/mol. The molecule has 25 heavy (non-hydrogen) atoms. The molecular formula is C21H32O4. The van der Waals surface area contributed by atoms with Crippen molar-refractivity contribution in [1.82, 2.24) is 0 Å².